The van der Waals surface area contributed by atoms with E-state index in [-0.39, 0.29) is 6.10 Å². The maximum Gasteiger partial charge on any atom is 0.129 e. The lowest BCUT2D eigenvalue weighted by atomic mass is 9.94. The number of hydrogen-bond donors (Lipinski definition) is 1. The molecule has 0 amide bonds. The predicted molar refractivity (Wildman–Crippen MR) is 137 cm³/mol. The maximum atomic E-state index is 6.50. The molecule has 1 atom stereocenters. The van der Waals surface area contributed by atoms with Crippen molar-refractivity contribution in [3.63, 3.8) is 0 Å². The highest BCUT2D eigenvalue weighted by Gasteiger charge is 2.21. The Hall–Kier alpha value is -2.85. The average Bonchev–Trinajstić information content (AvgIpc) is 2.84. The normalized spacial score (nSPS) is 11.9. The van der Waals surface area contributed by atoms with E-state index in [0.717, 1.165) is 55.0 Å². The smallest absolute Gasteiger partial charge is 0.129 e. The number of nitrogens with zero attached hydrogens (tertiary/aromatic N) is 1. The van der Waals surface area contributed by atoms with Gasteiger partial charge in [-0.15, -0.1) is 0 Å². The summed E-state index contributed by atoms with van der Waals surface area (Å²) in [5.74, 6) is 1.73. The summed E-state index contributed by atoms with van der Waals surface area (Å²) in [6, 6.07) is 16.9. The number of aromatic nitrogens is 1. The van der Waals surface area contributed by atoms with Crippen LogP contribution in [0.5, 0.6) is 11.5 Å². The Morgan fingerprint density at radius 3 is 2.30 bits per heavy atom. The van der Waals surface area contributed by atoms with Crippen LogP contribution >= 0.6 is 0 Å². The van der Waals surface area contributed by atoms with Crippen LogP contribution in [-0.2, 0) is 19.4 Å². The SMILES string of the molecule is CCCC(Oc1cccc(CNC)c1)c1cnc(-c2c(CC)cccc2CC)cc1OCC. The van der Waals surface area contributed by atoms with E-state index >= 15 is 0 Å². The van der Waals surface area contributed by atoms with Crippen LogP contribution in [0.3, 0.4) is 0 Å². The zero-order chi connectivity index (χ0) is 23.6. The van der Waals surface area contributed by atoms with Crippen molar-refractivity contribution in [2.75, 3.05) is 13.7 Å². The molecule has 1 unspecified atom stereocenters. The maximum absolute atomic E-state index is 6.50. The molecule has 0 saturated heterocycles. The first-order chi connectivity index (χ1) is 16.1. The van der Waals surface area contributed by atoms with Crippen molar-refractivity contribution in [2.24, 2.45) is 0 Å². The van der Waals surface area contributed by atoms with Crippen LogP contribution in [0, 0.1) is 0 Å². The highest BCUT2D eigenvalue weighted by atomic mass is 16.5. The third-order valence-corrected chi connectivity index (χ3v) is 5.91. The molecule has 2 aromatic carbocycles. The summed E-state index contributed by atoms with van der Waals surface area (Å²) >= 11 is 0. The molecule has 3 rings (SSSR count). The van der Waals surface area contributed by atoms with Crippen molar-refractivity contribution in [1.29, 1.82) is 0 Å². The first-order valence-electron chi connectivity index (χ1n) is 12.3. The fourth-order valence-corrected chi connectivity index (χ4v) is 4.32. The first-order valence-corrected chi connectivity index (χ1v) is 12.3. The Labute approximate surface area is 199 Å². The fraction of sp³-hybridized carbons (Fsp3) is 0.414. The standard InChI is InChI=1S/C29H38N2O2/c1-6-12-27(33-24-16-10-13-21(17-24)19-30-5)25-20-31-26(18-28(25)32-9-4)29-22(7-2)14-11-15-23(29)8-3/h10-11,13-18,20,27,30H,6-9,12,19H2,1-5H3. The monoisotopic (exact) mass is 446 g/mol. The molecule has 176 valence electrons. The number of benzene rings is 2. The minimum Gasteiger partial charge on any atom is -0.493 e. The predicted octanol–water partition coefficient (Wildman–Crippen LogP) is 6.91. The van der Waals surface area contributed by atoms with E-state index in [1.807, 2.05) is 32.3 Å². The van der Waals surface area contributed by atoms with Crippen molar-refractivity contribution in [1.82, 2.24) is 10.3 Å². The molecule has 0 aliphatic rings. The summed E-state index contributed by atoms with van der Waals surface area (Å²) < 4.78 is 12.6. The van der Waals surface area contributed by atoms with Gasteiger partial charge in [-0.2, -0.15) is 0 Å². The average molecular weight is 447 g/mol. The molecule has 0 aliphatic carbocycles. The lowest BCUT2D eigenvalue weighted by molar-refractivity contribution is 0.186. The molecular weight excluding hydrogens is 408 g/mol. The minimum absolute atomic E-state index is 0.116. The molecule has 1 aromatic heterocycles. The van der Waals surface area contributed by atoms with Crippen LogP contribution in [0.15, 0.2) is 54.7 Å². The zero-order valence-corrected chi connectivity index (χ0v) is 20.8. The molecule has 0 aliphatic heterocycles. The molecule has 3 aromatic rings. The highest BCUT2D eigenvalue weighted by molar-refractivity contribution is 5.69. The van der Waals surface area contributed by atoms with Gasteiger partial charge in [-0.3, -0.25) is 4.98 Å². The van der Waals surface area contributed by atoms with Gasteiger partial charge in [-0.05, 0) is 62.1 Å². The van der Waals surface area contributed by atoms with Crippen LogP contribution in [-0.4, -0.2) is 18.6 Å². The fourth-order valence-electron chi connectivity index (χ4n) is 4.32. The lowest BCUT2D eigenvalue weighted by Crippen LogP contribution is -2.12. The van der Waals surface area contributed by atoms with Gasteiger partial charge >= 0.3 is 0 Å². The van der Waals surface area contributed by atoms with Gasteiger partial charge < -0.3 is 14.8 Å². The number of hydrogen-bond acceptors (Lipinski definition) is 4. The van der Waals surface area contributed by atoms with E-state index < -0.39 is 0 Å². The van der Waals surface area contributed by atoms with E-state index in [2.05, 4.69) is 62.5 Å². The topological polar surface area (TPSA) is 43.4 Å². The highest BCUT2D eigenvalue weighted by Crippen LogP contribution is 2.36. The Balaban J connectivity index is 2.02. The van der Waals surface area contributed by atoms with Crippen molar-refractivity contribution >= 4 is 0 Å². The van der Waals surface area contributed by atoms with Crippen molar-refractivity contribution < 1.29 is 9.47 Å². The van der Waals surface area contributed by atoms with Crippen LogP contribution in [0.4, 0.5) is 0 Å². The summed E-state index contributed by atoms with van der Waals surface area (Å²) in [5.41, 5.74) is 7.06. The van der Waals surface area contributed by atoms with Crippen molar-refractivity contribution in [2.45, 2.75) is 66.0 Å². The molecule has 4 heteroatoms. The number of rotatable bonds is 12. The summed E-state index contributed by atoms with van der Waals surface area (Å²) in [7, 11) is 1.95. The molecule has 0 fully saturated rings. The number of nitrogens with one attached hydrogen (secondary N) is 1. The van der Waals surface area contributed by atoms with E-state index in [1.54, 1.807) is 0 Å². The molecule has 1 N–H and O–H groups in total. The quantitative estimate of drug-likeness (QED) is 0.328. The van der Waals surface area contributed by atoms with Crippen molar-refractivity contribution in [3.8, 4) is 22.8 Å². The zero-order valence-electron chi connectivity index (χ0n) is 20.8. The molecule has 0 spiro atoms. The molecule has 0 bridgehead atoms. The molecule has 0 radical (unpaired) electrons. The molecule has 0 saturated carbocycles. The van der Waals surface area contributed by atoms with Gasteiger partial charge in [0.15, 0.2) is 0 Å². The lowest BCUT2D eigenvalue weighted by Gasteiger charge is -2.23. The molecule has 4 nitrogen and oxygen atoms in total. The Kier molecular flexibility index (Phi) is 9.32. The second-order valence-electron chi connectivity index (χ2n) is 8.27. The summed E-state index contributed by atoms with van der Waals surface area (Å²) in [6.07, 6.45) is 5.69. The minimum atomic E-state index is -0.116. The van der Waals surface area contributed by atoms with Gasteiger partial charge in [-0.25, -0.2) is 0 Å². The van der Waals surface area contributed by atoms with Gasteiger partial charge in [0.2, 0.25) is 0 Å². The van der Waals surface area contributed by atoms with Gasteiger partial charge in [-0.1, -0.05) is 57.5 Å². The van der Waals surface area contributed by atoms with Crippen LogP contribution in [0.1, 0.15) is 68.9 Å². The van der Waals surface area contributed by atoms with Gasteiger partial charge in [0.25, 0.3) is 0 Å². The van der Waals surface area contributed by atoms with Gasteiger partial charge in [0, 0.05) is 24.4 Å². The van der Waals surface area contributed by atoms with E-state index in [4.69, 9.17) is 14.5 Å². The third kappa shape index (κ3) is 6.14. The Bertz CT molecular complexity index is 1010. The Morgan fingerprint density at radius 1 is 0.939 bits per heavy atom. The second-order valence-corrected chi connectivity index (χ2v) is 8.27. The first kappa shape index (κ1) is 24.8. The summed E-state index contributed by atoms with van der Waals surface area (Å²) in [5, 5.41) is 3.20. The third-order valence-electron chi connectivity index (χ3n) is 5.91. The summed E-state index contributed by atoms with van der Waals surface area (Å²) in [4.78, 5) is 4.93. The molecular formula is C29H38N2O2. The molecule has 33 heavy (non-hydrogen) atoms. The van der Waals surface area contributed by atoms with Gasteiger partial charge in [0.1, 0.15) is 17.6 Å². The number of aryl methyl sites for hydroxylation is 2. The number of pyridine rings is 1. The van der Waals surface area contributed by atoms with E-state index in [1.165, 1.54) is 22.3 Å². The van der Waals surface area contributed by atoms with Crippen LogP contribution in [0.25, 0.3) is 11.3 Å². The van der Waals surface area contributed by atoms with Crippen LogP contribution < -0.4 is 14.8 Å². The van der Waals surface area contributed by atoms with E-state index in [9.17, 15) is 0 Å². The largest absolute Gasteiger partial charge is 0.493 e. The molecule has 1 heterocycles. The van der Waals surface area contributed by atoms with Crippen molar-refractivity contribution in [3.05, 3.63) is 77.0 Å². The van der Waals surface area contributed by atoms with E-state index in [0.29, 0.717) is 6.61 Å². The Morgan fingerprint density at radius 2 is 1.67 bits per heavy atom. The number of ether oxygens (including phenoxy) is 2. The second kappa shape index (κ2) is 12.4. The summed E-state index contributed by atoms with van der Waals surface area (Å²) in [6.45, 7) is 10.0. The van der Waals surface area contributed by atoms with Gasteiger partial charge in [0.05, 0.1) is 17.9 Å². The van der Waals surface area contributed by atoms with Crippen LogP contribution in [0.2, 0.25) is 0 Å².